The molecule has 0 unspecified atom stereocenters. The zero-order valence-corrected chi connectivity index (χ0v) is 13.5. The molecule has 24 heavy (non-hydrogen) atoms. The molecule has 3 rings (SSSR count). The minimum atomic E-state index is -0.289. The Morgan fingerprint density at radius 3 is 2.71 bits per heavy atom. The highest BCUT2D eigenvalue weighted by Gasteiger charge is 2.16. The molecule has 0 atom stereocenters. The molecular weight excluding hydrogens is 306 g/mol. The maximum Gasteiger partial charge on any atom is 0.274 e. The summed E-state index contributed by atoms with van der Waals surface area (Å²) in [6, 6.07) is 10.7. The van der Waals surface area contributed by atoms with Crippen LogP contribution in [0, 0.1) is 0 Å². The summed E-state index contributed by atoms with van der Waals surface area (Å²) in [7, 11) is 0. The lowest BCUT2D eigenvalue weighted by atomic mass is 10.1. The molecule has 0 fully saturated rings. The van der Waals surface area contributed by atoms with Gasteiger partial charge in [-0.2, -0.15) is 5.10 Å². The van der Waals surface area contributed by atoms with Crippen LogP contribution in [0.4, 0.5) is 0 Å². The second-order valence-corrected chi connectivity index (χ2v) is 5.51. The van der Waals surface area contributed by atoms with Crippen molar-refractivity contribution >= 4 is 16.7 Å². The number of hydrogen-bond acceptors (Lipinski definition) is 4. The SMILES string of the molecule is CCCn1nc(C(=O)NCCc2ccco2)c2ccccc2c1=O. The Kier molecular flexibility index (Phi) is 4.74. The summed E-state index contributed by atoms with van der Waals surface area (Å²) in [6.45, 7) is 2.89. The molecular formula is C18H19N3O3. The minimum absolute atomic E-state index is 0.167. The van der Waals surface area contributed by atoms with Gasteiger partial charge in [0.05, 0.1) is 11.6 Å². The van der Waals surface area contributed by atoms with Crippen LogP contribution in [0.3, 0.4) is 0 Å². The standard InChI is InChI=1S/C18H19N3O3/c1-2-11-21-18(23)15-8-4-3-7-14(15)16(20-21)17(22)19-10-9-13-6-5-12-24-13/h3-8,12H,2,9-11H2,1H3,(H,19,22). The fraction of sp³-hybridized carbons (Fsp3) is 0.278. The van der Waals surface area contributed by atoms with E-state index >= 15 is 0 Å². The second-order valence-electron chi connectivity index (χ2n) is 5.51. The van der Waals surface area contributed by atoms with Crippen molar-refractivity contribution in [3.63, 3.8) is 0 Å². The minimum Gasteiger partial charge on any atom is -0.469 e. The predicted molar refractivity (Wildman–Crippen MR) is 91.0 cm³/mol. The van der Waals surface area contributed by atoms with Crippen molar-refractivity contribution in [3.05, 3.63) is 64.5 Å². The van der Waals surface area contributed by atoms with Crippen LogP contribution in [0.5, 0.6) is 0 Å². The van der Waals surface area contributed by atoms with Crippen LogP contribution in [-0.2, 0) is 13.0 Å². The first-order valence-corrected chi connectivity index (χ1v) is 8.01. The van der Waals surface area contributed by atoms with Gasteiger partial charge in [0.15, 0.2) is 5.69 Å². The van der Waals surface area contributed by atoms with Crippen molar-refractivity contribution in [2.75, 3.05) is 6.54 Å². The molecule has 1 aromatic carbocycles. The summed E-state index contributed by atoms with van der Waals surface area (Å²) in [5.74, 6) is 0.520. The number of aromatic nitrogens is 2. The molecule has 1 N–H and O–H groups in total. The predicted octanol–water partition coefficient (Wildman–Crippen LogP) is 2.37. The third-order valence-corrected chi connectivity index (χ3v) is 3.76. The molecule has 0 aliphatic rings. The highest BCUT2D eigenvalue weighted by Crippen LogP contribution is 2.13. The number of rotatable bonds is 6. The molecule has 2 heterocycles. The third-order valence-electron chi connectivity index (χ3n) is 3.76. The lowest BCUT2D eigenvalue weighted by molar-refractivity contribution is 0.0948. The lowest BCUT2D eigenvalue weighted by Crippen LogP contribution is -2.31. The van der Waals surface area contributed by atoms with Crippen molar-refractivity contribution in [2.45, 2.75) is 26.3 Å². The van der Waals surface area contributed by atoms with Crippen LogP contribution in [0.15, 0.2) is 51.9 Å². The summed E-state index contributed by atoms with van der Waals surface area (Å²) in [4.78, 5) is 25.0. The van der Waals surface area contributed by atoms with Gasteiger partial charge in [0.25, 0.3) is 11.5 Å². The first-order valence-electron chi connectivity index (χ1n) is 8.01. The normalized spacial score (nSPS) is 10.9. The first-order chi connectivity index (χ1) is 11.7. The zero-order chi connectivity index (χ0) is 16.9. The van der Waals surface area contributed by atoms with E-state index in [1.807, 2.05) is 19.1 Å². The van der Waals surface area contributed by atoms with Gasteiger partial charge < -0.3 is 9.73 Å². The van der Waals surface area contributed by atoms with Gasteiger partial charge in [-0.1, -0.05) is 25.1 Å². The van der Waals surface area contributed by atoms with Crippen molar-refractivity contribution in [2.24, 2.45) is 0 Å². The Bertz CT molecular complexity index is 898. The van der Waals surface area contributed by atoms with E-state index in [1.165, 1.54) is 4.68 Å². The highest BCUT2D eigenvalue weighted by atomic mass is 16.3. The molecule has 6 nitrogen and oxygen atoms in total. The summed E-state index contributed by atoms with van der Waals surface area (Å²) in [5.41, 5.74) is 0.109. The van der Waals surface area contributed by atoms with Gasteiger partial charge in [-0.15, -0.1) is 0 Å². The monoisotopic (exact) mass is 325 g/mol. The van der Waals surface area contributed by atoms with E-state index < -0.39 is 0 Å². The summed E-state index contributed by atoms with van der Waals surface area (Å²) >= 11 is 0. The summed E-state index contributed by atoms with van der Waals surface area (Å²) < 4.78 is 6.61. The molecule has 0 bridgehead atoms. The summed E-state index contributed by atoms with van der Waals surface area (Å²) in [6.07, 6.45) is 2.98. The molecule has 1 amide bonds. The van der Waals surface area contributed by atoms with Crippen molar-refractivity contribution in [1.82, 2.24) is 15.1 Å². The van der Waals surface area contributed by atoms with Gasteiger partial charge in [-0.05, 0) is 24.6 Å². The Labute approximate surface area is 139 Å². The third kappa shape index (κ3) is 3.22. The topological polar surface area (TPSA) is 77.1 Å². The van der Waals surface area contributed by atoms with Gasteiger partial charge in [-0.3, -0.25) is 9.59 Å². The molecule has 3 aromatic rings. The fourth-order valence-electron chi connectivity index (χ4n) is 2.60. The number of carbonyl (C=O) groups is 1. The molecule has 0 saturated heterocycles. The number of hydrogen-bond donors (Lipinski definition) is 1. The highest BCUT2D eigenvalue weighted by molar-refractivity contribution is 6.04. The second kappa shape index (κ2) is 7.12. The van der Waals surface area contributed by atoms with Crippen LogP contribution >= 0.6 is 0 Å². The molecule has 6 heteroatoms. The number of fused-ring (bicyclic) bond motifs is 1. The van der Waals surface area contributed by atoms with E-state index in [0.29, 0.717) is 30.3 Å². The number of furan rings is 1. The quantitative estimate of drug-likeness (QED) is 0.755. The van der Waals surface area contributed by atoms with Gasteiger partial charge >= 0.3 is 0 Å². The molecule has 0 saturated carbocycles. The van der Waals surface area contributed by atoms with Gasteiger partial charge in [-0.25, -0.2) is 4.68 Å². The Morgan fingerprint density at radius 2 is 2.00 bits per heavy atom. The first kappa shape index (κ1) is 16.0. The van der Waals surface area contributed by atoms with Crippen LogP contribution in [0.2, 0.25) is 0 Å². The maximum atomic E-state index is 12.5. The fourth-order valence-corrected chi connectivity index (χ4v) is 2.60. The van der Waals surface area contributed by atoms with Crippen molar-refractivity contribution in [1.29, 1.82) is 0 Å². The zero-order valence-electron chi connectivity index (χ0n) is 13.5. The van der Waals surface area contributed by atoms with Crippen LogP contribution in [-0.4, -0.2) is 22.2 Å². The van der Waals surface area contributed by atoms with Crippen LogP contribution in [0.25, 0.3) is 10.8 Å². The average molecular weight is 325 g/mol. The van der Waals surface area contributed by atoms with E-state index in [1.54, 1.807) is 30.5 Å². The van der Waals surface area contributed by atoms with Gasteiger partial charge in [0, 0.05) is 24.9 Å². The lowest BCUT2D eigenvalue weighted by Gasteiger charge is -2.10. The van der Waals surface area contributed by atoms with Crippen molar-refractivity contribution < 1.29 is 9.21 Å². The number of nitrogens with one attached hydrogen (secondary N) is 1. The van der Waals surface area contributed by atoms with E-state index in [-0.39, 0.29) is 17.2 Å². The van der Waals surface area contributed by atoms with E-state index in [0.717, 1.165) is 12.2 Å². The molecule has 124 valence electrons. The molecule has 0 aliphatic heterocycles. The molecule has 2 aromatic heterocycles. The van der Waals surface area contributed by atoms with Gasteiger partial charge in [0.2, 0.25) is 0 Å². The Balaban J connectivity index is 1.88. The average Bonchev–Trinajstić information content (AvgIpc) is 3.11. The van der Waals surface area contributed by atoms with E-state index in [9.17, 15) is 9.59 Å². The summed E-state index contributed by atoms with van der Waals surface area (Å²) in [5, 5.41) is 8.20. The van der Waals surface area contributed by atoms with Crippen LogP contribution in [0.1, 0.15) is 29.6 Å². The largest absolute Gasteiger partial charge is 0.469 e. The number of nitrogens with zero attached hydrogens (tertiary/aromatic N) is 2. The smallest absolute Gasteiger partial charge is 0.274 e. The molecule has 0 spiro atoms. The van der Waals surface area contributed by atoms with Crippen LogP contribution < -0.4 is 10.9 Å². The Morgan fingerprint density at radius 1 is 1.21 bits per heavy atom. The van der Waals surface area contributed by atoms with Crippen molar-refractivity contribution in [3.8, 4) is 0 Å². The number of aryl methyl sites for hydroxylation is 1. The molecule has 0 radical (unpaired) electrons. The molecule has 0 aliphatic carbocycles. The number of benzene rings is 1. The van der Waals surface area contributed by atoms with Gasteiger partial charge in [0.1, 0.15) is 5.76 Å². The maximum absolute atomic E-state index is 12.5. The number of amides is 1. The Hall–Kier alpha value is -2.89. The number of carbonyl (C=O) groups excluding carboxylic acids is 1. The van der Waals surface area contributed by atoms with E-state index in [2.05, 4.69) is 10.4 Å². The van der Waals surface area contributed by atoms with E-state index in [4.69, 9.17) is 4.42 Å².